The molecule has 1 aliphatic heterocycles. The van der Waals surface area contributed by atoms with Crippen LogP contribution < -0.4 is 10.7 Å². The smallest absolute Gasteiger partial charge is 0.428 e. The second kappa shape index (κ2) is 12.9. The van der Waals surface area contributed by atoms with E-state index in [1.165, 1.54) is 21.3 Å². The Morgan fingerprint density at radius 1 is 0.886 bits per heavy atom. The zero-order valence-corrected chi connectivity index (χ0v) is 26.8. The van der Waals surface area contributed by atoms with Crippen molar-refractivity contribution in [1.82, 2.24) is 9.47 Å². The van der Waals surface area contributed by atoms with Gasteiger partial charge in [-0.3, -0.25) is 4.90 Å². The van der Waals surface area contributed by atoms with Crippen LogP contribution in [0.4, 0.5) is 10.5 Å². The van der Waals surface area contributed by atoms with Crippen LogP contribution in [0.15, 0.2) is 82.0 Å². The average molecular weight is 600 g/mol. The van der Waals surface area contributed by atoms with Gasteiger partial charge in [-0.2, -0.15) is 0 Å². The first kappa shape index (κ1) is 31.4. The van der Waals surface area contributed by atoms with E-state index in [4.69, 9.17) is 13.9 Å². The fraction of sp³-hybridized carbons (Fsp3) is 0.444. The highest BCUT2D eigenvalue weighted by atomic mass is 16.7. The first-order valence-corrected chi connectivity index (χ1v) is 15.6. The van der Waals surface area contributed by atoms with Gasteiger partial charge in [0.25, 0.3) is 0 Å². The molecule has 0 N–H and O–H groups in total. The van der Waals surface area contributed by atoms with Gasteiger partial charge < -0.3 is 18.8 Å². The van der Waals surface area contributed by atoms with Crippen molar-refractivity contribution in [1.29, 1.82) is 0 Å². The fourth-order valence-electron chi connectivity index (χ4n) is 6.44. The summed E-state index contributed by atoms with van der Waals surface area (Å²) in [6.07, 6.45) is -0.594. The predicted octanol–water partition coefficient (Wildman–Crippen LogP) is 7.86. The molecule has 4 aromatic rings. The molecule has 1 fully saturated rings. The minimum absolute atomic E-state index is 0.0268. The van der Waals surface area contributed by atoms with Gasteiger partial charge in [0, 0.05) is 39.1 Å². The Kier molecular flexibility index (Phi) is 9.20. The normalized spacial score (nSPS) is 15.4. The maximum absolute atomic E-state index is 13.2. The maximum Gasteiger partial charge on any atom is 0.510 e. The number of nitrogens with zero attached hydrogens (tertiary/aromatic N) is 3. The Morgan fingerprint density at radius 3 is 2.25 bits per heavy atom. The van der Waals surface area contributed by atoms with Gasteiger partial charge in [0.1, 0.15) is 5.60 Å². The molecule has 0 radical (unpaired) electrons. The highest BCUT2D eigenvalue weighted by Gasteiger charge is 2.32. The van der Waals surface area contributed by atoms with Crippen molar-refractivity contribution in [2.75, 3.05) is 31.1 Å². The molecule has 0 amide bonds. The van der Waals surface area contributed by atoms with Gasteiger partial charge in [-0.15, -0.1) is 0 Å². The minimum Gasteiger partial charge on any atom is -0.428 e. The van der Waals surface area contributed by atoms with E-state index in [2.05, 4.69) is 79.1 Å². The lowest BCUT2D eigenvalue weighted by Gasteiger charge is -2.36. The Balaban J connectivity index is 1.26. The van der Waals surface area contributed by atoms with E-state index in [9.17, 15) is 9.59 Å². The number of carbonyl (C=O) groups excluding carboxylic acids is 1. The number of oxazole rings is 1. The molecule has 8 nitrogen and oxygen atoms in total. The lowest BCUT2D eigenvalue weighted by atomic mass is 9.84. The Hall–Kier alpha value is -4.04. The van der Waals surface area contributed by atoms with E-state index >= 15 is 0 Å². The van der Waals surface area contributed by atoms with Crippen LogP contribution in [0.25, 0.3) is 22.2 Å². The van der Waals surface area contributed by atoms with Crippen LogP contribution in [0, 0.1) is 5.41 Å². The van der Waals surface area contributed by atoms with E-state index in [1.807, 2.05) is 45.0 Å². The lowest BCUT2D eigenvalue weighted by Crippen LogP contribution is -2.46. The Bertz CT molecular complexity index is 1630. The summed E-state index contributed by atoms with van der Waals surface area (Å²) in [5.74, 6) is -0.557. The molecule has 1 saturated heterocycles. The highest BCUT2D eigenvalue weighted by Crippen LogP contribution is 2.32. The van der Waals surface area contributed by atoms with Gasteiger partial charge in [-0.25, -0.2) is 14.2 Å². The number of piperazine rings is 1. The molecule has 1 aromatic heterocycles. The standard InChI is InChI=1S/C36H45N3O5/c1-7-31(42-34(41)44-36(5,6)25-35(2,3)4)39-30-18-12-17-29(32(30)43-33(39)40)38-21-19-37(20-22-38)24-26-13-11-16-28(23-26)27-14-9-8-10-15-27/h8-18,23,31H,7,19-22,24-25H2,1-6H3. The topological polar surface area (TPSA) is 77.1 Å². The van der Waals surface area contributed by atoms with Crippen LogP contribution in [0.3, 0.4) is 0 Å². The van der Waals surface area contributed by atoms with Crippen molar-refractivity contribution in [3.05, 3.63) is 88.9 Å². The molecule has 234 valence electrons. The largest absolute Gasteiger partial charge is 0.510 e. The molecule has 1 atom stereocenters. The van der Waals surface area contributed by atoms with E-state index < -0.39 is 23.7 Å². The number of rotatable bonds is 9. The fourth-order valence-corrected chi connectivity index (χ4v) is 6.44. The number of hydrogen-bond donors (Lipinski definition) is 0. The molecule has 2 heterocycles. The summed E-state index contributed by atoms with van der Waals surface area (Å²) in [6.45, 7) is 16.1. The van der Waals surface area contributed by atoms with Crippen molar-refractivity contribution in [3.8, 4) is 11.1 Å². The average Bonchev–Trinajstić information content (AvgIpc) is 3.31. The van der Waals surface area contributed by atoms with Crippen molar-refractivity contribution in [3.63, 3.8) is 0 Å². The molecular weight excluding hydrogens is 554 g/mol. The summed E-state index contributed by atoms with van der Waals surface area (Å²) in [7, 11) is 0. The zero-order chi connectivity index (χ0) is 31.5. The van der Waals surface area contributed by atoms with Gasteiger partial charge in [-0.05, 0) is 60.6 Å². The van der Waals surface area contributed by atoms with Crippen molar-refractivity contribution in [2.24, 2.45) is 5.41 Å². The Labute approximate surface area is 260 Å². The molecule has 5 rings (SSSR count). The summed E-state index contributed by atoms with van der Waals surface area (Å²) < 4.78 is 18.6. The van der Waals surface area contributed by atoms with Crippen molar-refractivity contribution in [2.45, 2.75) is 72.8 Å². The number of fused-ring (bicyclic) bond motifs is 1. The summed E-state index contributed by atoms with van der Waals surface area (Å²) in [6, 6.07) is 24.9. The number of carbonyl (C=O) groups is 1. The number of ether oxygens (including phenoxy) is 2. The third-order valence-electron chi connectivity index (χ3n) is 7.96. The number of hydrogen-bond acceptors (Lipinski definition) is 7. The van der Waals surface area contributed by atoms with E-state index in [1.54, 1.807) is 0 Å². The van der Waals surface area contributed by atoms with E-state index in [0.717, 1.165) is 38.4 Å². The molecule has 1 unspecified atom stereocenters. The molecule has 0 spiro atoms. The van der Waals surface area contributed by atoms with Gasteiger partial charge in [0.2, 0.25) is 0 Å². The first-order valence-electron chi connectivity index (χ1n) is 15.6. The Morgan fingerprint density at radius 2 is 1.57 bits per heavy atom. The number of benzene rings is 3. The lowest BCUT2D eigenvalue weighted by molar-refractivity contribution is -0.0635. The molecular formula is C36H45N3O5. The second-order valence-electron chi connectivity index (χ2n) is 13.5. The van der Waals surface area contributed by atoms with E-state index in [-0.39, 0.29) is 5.41 Å². The minimum atomic E-state index is -0.847. The predicted molar refractivity (Wildman–Crippen MR) is 175 cm³/mol. The monoisotopic (exact) mass is 599 g/mol. The van der Waals surface area contributed by atoms with Gasteiger partial charge >= 0.3 is 11.9 Å². The summed E-state index contributed by atoms with van der Waals surface area (Å²) in [4.78, 5) is 30.7. The van der Waals surface area contributed by atoms with Gasteiger partial charge in [0.05, 0.1) is 11.2 Å². The number of anilines is 1. The molecule has 0 bridgehead atoms. The first-order chi connectivity index (χ1) is 20.9. The third kappa shape index (κ3) is 7.53. The third-order valence-corrected chi connectivity index (χ3v) is 7.96. The quantitative estimate of drug-likeness (QED) is 0.181. The van der Waals surface area contributed by atoms with Crippen molar-refractivity contribution >= 4 is 22.9 Å². The number of aromatic nitrogens is 1. The van der Waals surface area contributed by atoms with Gasteiger partial charge in [0.15, 0.2) is 11.8 Å². The zero-order valence-electron chi connectivity index (χ0n) is 26.8. The molecule has 0 saturated carbocycles. The summed E-state index contributed by atoms with van der Waals surface area (Å²) >= 11 is 0. The number of para-hydroxylation sites is 1. The van der Waals surface area contributed by atoms with Gasteiger partial charge in [-0.1, -0.05) is 82.3 Å². The molecule has 3 aromatic carbocycles. The van der Waals surface area contributed by atoms with Crippen LogP contribution in [-0.4, -0.2) is 47.4 Å². The molecule has 1 aliphatic rings. The van der Waals surface area contributed by atoms with Crippen LogP contribution in [-0.2, 0) is 16.0 Å². The molecule has 8 heteroatoms. The maximum atomic E-state index is 13.2. The SMILES string of the molecule is CCC(OC(=O)OC(C)(C)CC(C)(C)C)n1c(=O)oc2c(N3CCN(Cc4cccc(-c5ccccc5)c4)CC3)cccc21. The van der Waals surface area contributed by atoms with Crippen LogP contribution in [0.5, 0.6) is 0 Å². The van der Waals surface area contributed by atoms with Crippen LogP contribution in [0.1, 0.15) is 66.2 Å². The molecule has 0 aliphatic carbocycles. The molecule has 44 heavy (non-hydrogen) atoms. The summed E-state index contributed by atoms with van der Waals surface area (Å²) in [5, 5.41) is 0. The summed E-state index contributed by atoms with van der Waals surface area (Å²) in [5.41, 5.74) is 4.97. The van der Waals surface area contributed by atoms with Crippen molar-refractivity contribution < 1.29 is 18.7 Å². The van der Waals surface area contributed by atoms with E-state index in [0.29, 0.717) is 23.9 Å². The highest BCUT2D eigenvalue weighted by molar-refractivity contribution is 5.87. The second-order valence-corrected chi connectivity index (χ2v) is 13.5. The van der Waals surface area contributed by atoms with Crippen LogP contribution >= 0.6 is 0 Å². The van der Waals surface area contributed by atoms with Crippen LogP contribution in [0.2, 0.25) is 0 Å².